The lowest BCUT2D eigenvalue weighted by molar-refractivity contribution is 0.184. The third-order valence-corrected chi connectivity index (χ3v) is 2.99. The van der Waals surface area contributed by atoms with E-state index in [1.165, 1.54) is 0 Å². The molecule has 0 spiro atoms. The van der Waals surface area contributed by atoms with Crippen LogP contribution in [0, 0.1) is 0 Å². The standard InChI is InChI=1S/C16H19NO2/c1-19-12-14-9-5-6-10-15(14)17-11-16(18)13-7-3-2-4-8-13/h2-10,16-18H,11-12H2,1H3. The van der Waals surface area contributed by atoms with Crippen LogP contribution in [-0.2, 0) is 11.3 Å². The summed E-state index contributed by atoms with van der Waals surface area (Å²) >= 11 is 0. The monoisotopic (exact) mass is 257 g/mol. The van der Waals surface area contributed by atoms with Crippen LogP contribution < -0.4 is 5.32 Å². The van der Waals surface area contributed by atoms with Crippen LogP contribution in [0.25, 0.3) is 0 Å². The average Bonchev–Trinajstić information content (AvgIpc) is 2.47. The predicted octanol–water partition coefficient (Wildman–Crippen LogP) is 2.98. The minimum Gasteiger partial charge on any atom is -0.387 e. The van der Waals surface area contributed by atoms with Gasteiger partial charge in [-0.2, -0.15) is 0 Å². The Kier molecular flexibility index (Phi) is 4.95. The van der Waals surface area contributed by atoms with Gasteiger partial charge < -0.3 is 15.2 Å². The highest BCUT2D eigenvalue weighted by Gasteiger charge is 2.07. The zero-order valence-corrected chi connectivity index (χ0v) is 11.0. The van der Waals surface area contributed by atoms with Crippen molar-refractivity contribution in [2.24, 2.45) is 0 Å². The molecule has 1 atom stereocenters. The van der Waals surface area contributed by atoms with Gasteiger partial charge in [-0.25, -0.2) is 0 Å². The molecule has 2 N–H and O–H groups in total. The fourth-order valence-corrected chi connectivity index (χ4v) is 1.97. The second kappa shape index (κ2) is 6.92. The minimum atomic E-state index is -0.517. The molecular weight excluding hydrogens is 238 g/mol. The SMILES string of the molecule is COCc1ccccc1NCC(O)c1ccccc1. The molecular formula is C16H19NO2. The maximum absolute atomic E-state index is 10.1. The smallest absolute Gasteiger partial charge is 0.0962 e. The number of anilines is 1. The van der Waals surface area contributed by atoms with E-state index in [2.05, 4.69) is 5.32 Å². The normalized spacial score (nSPS) is 12.1. The summed E-state index contributed by atoms with van der Waals surface area (Å²) in [5.41, 5.74) is 3.00. The van der Waals surface area contributed by atoms with Gasteiger partial charge in [0.15, 0.2) is 0 Å². The van der Waals surface area contributed by atoms with Crippen molar-refractivity contribution < 1.29 is 9.84 Å². The largest absolute Gasteiger partial charge is 0.387 e. The zero-order valence-electron chi connectivity index (χ0n) is 11.0. The molecule has 0 radical (unpaired) electrons. The van der Waals surface area contributed by atoms with E-state index in [9.17, 15) is 5.11 Å². The van der Waals surface area contributed by atoms with E-state index in [4.69, 9.17) is 4.74 Å². The molecule has 0 saturated heterocycles. The van der Waals surface area contributed by atoms with Gasteiger partial charge in [0.05, 0.1) is 12.7 Å². The van der Waals surface area contributed by atoms with E-state index in [1.54, 1.807) is 7.11 Å². The first-order valence-corrected chi connectivity index (χ1v) is 6.35. The van der Waals surface area contributed by atoms with Gasteiger partial charge in [0, 0.05) is 24.9 Å². The molecule has 0 saturated carbocycles. The molecule has 0 aliphatic heterocycles. The molecule has 3 heteroatoms. The van der Waals surface area contributed by atoms with Gasteiger partial charge >= 0.3 is 0 Å². The Hall–Kier alpha value is -1.84. The number of hydrogen-bond acceptors (Lipinski definition) is 3. The van der Waals surface area contributed by atoms with Crippen LogP contribution in [0.5, 0.6) is 0 Å². The van der Waals surface area contributed by atoms with E-state index < -0.39 is 6.10 Å². The molecule has 0 heterocycles. The van der Waals surface area contributed by atoms with E-state index in [0.717, 1.165) is 16.8 Å². The Morgan fingerprint density at radius 2 is 1.74 bits per heavy atom. The molecule has 0 fully saturated rings. The van der Waals surface area contributed by atoms with Crippen molar-refractivity contribution in [3.8, 4) is 0 Å². The summed E-state index contributed by atoms with van der Waals surface area (Å²) in [5, 5.41) is 13.4. The van der Waals surface area contributed by atoms with E-state index in [-0.39, 0.29) is 0 Å². The molecule has 0 aromatic heterocycles. The molecule has 0 aliphatic rings. The number of aliphatic hydroxyl groups excluding tert-OH is 1. The number of para-hydroxylation sites is 1. The van der Waals surface area contributed by atoms with Crippen molar-refractivity contribution in [1.29, 1.82) is 0 Å². The predicted molar refractivity (Wildman–Crippen MR) is 77.0 cm³/mol. The van der Waals surface area contributed by atoms with Gasteiger partial charge in [0.25, 0.3) is 0 Å². The lowest BCUT2D eigenvalue weighted by atomic mass is 10.1. The molecule has 0 amide bonds. The Labute approximate surface area is 113 Å². The van der Waals surface area contributed by atoms with Crippen molar-refractivity contribution in [3.63, 3.8) is 0 Å². The van der Waals surface area contributed by atoms with Crippen molar-refractivity contribution >= 4 is 5.69 Å². The van der Waals surface area contributed by atoms with Gasteiger partial charge in [-0.3, -0.25) is 0 Å². The first-order chi connectivity index (χ1) is 9.31. The summed E-state index contributed by atoms with van der Waals surface area (Å²) in [4.78, 5) is 0. The first kappa shape index (κ1) is 13.6. The Morgan fingerprint density at radius 1 is 1.05 bits per heavy atom. The molecule has 2 aromatic carbocycles. The Bertz CT molecular complexity index is 499. The lowest BCUT2D eigenvalue weighted by Crippen LogP contribution is -2.13. The first-order valence-electron chi connectivity index (χ1n) is 6.35. The third-order valence-electron chi connectivity index (χ3n) is 2.99. The molecule has 2 rings (SSSR count). The van der Waals surface area contributed by atoms with Gasteiger partial charge in [0.1, 0.15) is 0 Å². The maximum Gasteiger partial charge on any atom is 0.0962 e. The van der Waals surface area contributed by atoms with E-state index in [1.807, 2.05) is 54.6 Å². The molecule has 19 heavy (non-hydrogen) atoms. The highest BCUT2D eigenvalue weighted by Crippen LogP contribution is 2.18. The zero-order chi connectivity index (χ0) is 13.5. The van der Waals surface area contributed by atoms with Crippen LogP contribution in [0.1, 0.15) is 17.2 Å². The molecule has 2 aromatic rings. The summed E-state index contributed by atoms with van der Waals surface area (Å²) in [5.74, 6) is 0. The van der Waals surface area contributed by atoms with Gasteiger partial charge in [-0.15, -0.1) is 0 Å². The Balaban J connectivity index is 1.99. The van der Waals surface area contributed by atoms with Crippen molar-refractivity contribution in [3.05, 3.63) is 65.7 Å². The third kappa shape index (κ3) is 3.81. The highest BCUT2D eigenvalue weighted by atomic mass is 16.5. The summed E-state index contributed by atoms with van der Waals surface area (Å²) in [6.07, 6.45) is -0.517. The lowest BCUT2D eigenvalue weighted by Gasteiger charge is -2.15. The summed E-state index contributed by atoms with van der Waals surface area (Å²) in [7, 11) is 1.68. The maximum atomic E-state index is 10.1. The minimum absolute atomic E-state index is 0.477. The number of methoxy groups -OCH3 is 1. The fraction of sp³-hybridized carbons (Fsp3) is 0.250. The van der Waals surface area contributed by atoms with Gasteiger partial charge in [-0.05, 0) is 11.6 Å². The molecule has 100 valence electrons. The number of nitrogens with one attached hydrogen (secondary N) is 1. The average molecular weight is 257 g/mol. The van der Waals surface area contributed by atoms with Crippen LogP contribution in [0.2, 0.25) is 0 Å². The summed E-state index contributed by atoms with van der Waals surface area (Å²) < 4.78 is 5.16. The van der Waals surface area contributed by atoms with E-state index >= 15 is 0 Å². The Morgan fingerprint density at radius 3 is 2.47 bits per heavy atom. The topological polar surface area (TPSA) is 41.5 Å². The second-order valence-electron chi connectivity index (χ2n) is 4.40. The van der Waals surface area contributed by atoms with Crippen LogP contribution in [0.3, 0.4) is 0 Å². The molecule has 0 aliphatic carbocycles. The number of hydrogen-bond donors (Lipinski definition) is 2. The van der Waals surface area contributed by atoms with Crippen molar-refractivity contribution in [2.45, 2.75) is 12.7 Å². The summed E-state index contributed by atoms with van der Waals surface area (Å²) in [6, 6.07) is 17.6. The van der Waals surface area contributed by atoms with Crippen LogP contribution in [0.15, 0.2) is 54.6 Å². The molecule has 0 bridgehead atoms. The molecule has 3 nitrogen and oxygen atoms in total. The van der Waals surface area contributed by atoms with Gasteiger partial charge in [-0.1, -0.05) is 48.5 Å². The van der Waals surface area contributed by atoms with Crippen LogP contribution in [0.4, 0.5) is 5.69 Å². The number of benzene rings is 2. The number of aliphatic hydroxyl groups is 1. The second-order valence-corrected chi connectivity index (χ2v) is 4.40. The van der Waals surface area contributed by atoms with Crippen LogP contribution >= 0.6 is 0 Å². The quantitative estimate of drug-likeness (QED) is 0.836. The molecule has 1 unspecified atom stereocenters. The van der Waals surface area contributed by atoms with Gasteiger partial charge in [0.2, 0.25) is 0 Å². The number of rotatable bonds is 6. The van der Waals surface area contributed by atoms with Crippen molar-refractivity contribution in [1.82, 2.24) is 0 Å². The summed E-state index contributed by atoms with van der Waals surface area (Å²) in [6.45, 7) is 1.04. The highest BCUT2D eigenvalue weighted by molar-refractivity contribution is 5.51. The van der Waals surface area contributed by atoms with Crippen molar-refractivity contribution in [2.75, 3.05) is 19.0 Å². The number of ether oxygens (including phenoxy) is 1. The fourth-order valence-electron chi connectivity index (χ4n) is 1.97. The van der Waals surface area contributed by atoms with Crippen LogP contribution in [-0.4, -0.2) is 18.8 Å². The van der Waals surface area contributed by atoms with E-state index in [0.29, 0.717) is 13.2 Å².